The van der Waals surface area contributed by atoms with Crippen molar-refractivity contribution in [1.29, 1.82) is 0 Å². The maximum Gasteiger partial charge on any atom is 0.122 e. The fourth-order valence-corrected chi connectivity index (χ4v) is 12.3. The van der Waals surface area contributed by atoms with E-state index in [2.05, 4.69) is 13.8 Å². The zero-order valence-electron chi connectivity index (χ0n) is 31.6. The van der Waals surface area contributed by atoms with Gasteiger partial charge in [-0.3, -0.25) is 0 Å². The quantitative estimate of drug-likeness (QED) is 0.105. The van der Waals surface area contributed by atoms with E-state index < -0.39 is 42.6 Å². The summed E-state index contributed by atoms with van der Waals surface area (Å²) in [4.78, 5) is 1.40. The summed E-state index contributed by atoms with van der Waals surface area (Å²) in [6, 6.07) is 7.72. The lowest BCUT2D eigenvalue weighted by Crippen LogP contribution is -2.50. The van der Waals surface area contributed by atoms with Crippen LogP contribution in [0.2, 0.25) is 0 Å². The molecule has 270 valence electrons. The van der Waals surface area contributed by atoms with Crippen LogP contribution in [0.25, 0.3) is 0 Å². The minimum Gasteiger partial charge on any atom is -0.507 e. The van der Waals surface area contributed by atoms with E-state index in [-0.39, 0.29) is 24.7 Å². The van der Waals surface area contributed by atoms with Crippen molar-refractivity contribution < 1.29 is 30.6 Å². The number of hydrogen-bond donors (Lipinski definition) is 6. The summed E-state index contributed by atoms with van der Waals surface area (Å²) in [5.41, 5.74) is -2.63. The summed E-state index contributed by atoms with van der Waals surface area (Å²) >= 11 is 0. The van der Waals surface area contributed by atoms with Gasteiger partial charge in [0.05, 0.1) is 13.2 Å². The first-order valence-electron chi connectivity index (χ1n) is 17.8. The first kappa shape index (κ1) is 41.4. The normalized spacial score (nSPS) is 17.2. The largest absolute Gasteiger partial charge is 0.507 e. The molecule has 0 fully saturated rings. The van der Waals surface area contributed by atoms with Gasteiger partial charge in [0.15, 0.2) is 0 Å². The van der Waals surface area contributed by atoms with E-state index in [4.69, 9.17) is 0 Å². The van der Waals surface area contributed by atoms with Crippen LogP contribution in [0.5, 0.6) is 11.5 Å². The average Bonchev–Trinajstić information content (AvgIpc) is 3.01. The van der Waals surface area contributed by atoms with Crippen LogP contribution in [0.15, 0.2) is 34.1 Å². The molecule has 2 aromatic rings. The average molecular weight is 677 g/mol. The number of benzene rings is 2. The predicted molar refractivity (Wildman–Crippen MR) is 198 cm³/mol. The van der Waals surface area contributed by atoms with Gasteiger partial charge in [-0.2, -0.15) is 0 Å². The zero-order valence-corrected chi connectivity index (χ0v) is 32.4. The van der Waals surface area contributed by atoms with Crippen LogP contribution in [-0.2, 0) is 10.8 Å². The summed E-state index contributed by atoms with van der Waals surface area (Å²) in [6.45, 7) is 23.5. The molecule has 0 saturated carbocycles. The smallest absolute Gasteiger partial charge is 0.122 e. The molecule has 0 spiro atoms. The van der Waals surface area contributed by atoms with Crippen LogP contribution in [0.1, 0.15) is 143 Å². The maximum absolute atomic E-state index is 13.4. The van der Waals surface area contributed by atoms with Crippen molar-refractivity contribution in [2.75, 3.05) is 13.2 Å². The third-order valence-electron chi connectivity index (χ3n) is 10.8. The number of hydrogen-bond acceptors (Lipinski definition) is 6. The number of phenolic OH excluding ortho intramolecular Hbond substituents is 2. The molecule has 0 aromatic heterocycles. The van der Waals surface area contributed by atoms with Gasteiger partial charge in [-0.25, -0.2) is 0 Å². The Bertz CT molecular complexity index is 1210. The van der Waals surface area contributed by atoms with Crippen LogP contribution < -0.4 is 0 Å². The fraction of sp³-hybridized carbons (Fsp3) is 0.700. The lowest BCUT2D eigenvalue weighted by atomic mass is 9.81. The molecular formula is C40H68O6S. The van der Waals surface area contributed by atoms with Crippen LogP contribution in [0.4, 0.5) is 0 Å². The minimum absolute atomic E-state index is 0.181. The summed E-state index contributed by atoms with van der Waals surface area (Å²) in [6.07, 6.45) is 5.40. The highest BCUT2D eigenvalue weighted by Gasteiger charge is 2.57. The Balaban J connectivity index is 3.48. The molecule has 6 nitrogen and oxygen atoms in total. The second-order valence-corrected chi connectivity index (χ2v) is 19.4. The molecule has 47 heavy (non-hydrogen) atoms. The number of aliphatic hydroxyl groups is 4. The van der Waals surface area contributed by atoms with Crippen molar-refractivity contribution in [1.82, 2.24) is 0 Å². The Hall–Kier alpha value is -1.77. The number of aromatic hydroxyl groups is 2. The standard InChI is InChI=1S/C40H68O6S/c1-13-17-19-39(15-3,25-41)35(45)47(36(46)40(16-4,26-42)20-18-14-2,29-21-27(5)33(43)31(23-29)37(7,8)9)30-22-28(6)34(44)32(24-30)38(10,11)12/h21-24,35-36,41-46H,13-20,25-26H2,1-12H3. The van der Waals surface area contributed by atoms with Gasteiger partial charge in [-0.15, -0.1) is 10.0 Å². The predicted octanol–water partition coefficient (Wildman–Crippen LogP) is 9.33. The molecule has 6 N–H and O–H groups in total. The number of phenols is 2. The molecule has 2 rings (SSSR count). The molecular weight excluding hydrogens is 609 g/mol. The van der Waals surface area contributed by atoms with E-state index in [0.717, 1.165) is 25.7 Å². The molecule has 0 amide bonds. The van der Waals surface area contributed by atoms with Crippen LogP contribution in [-0.4, -0.2) is 54.7 Å². The molecule has 0 aliphatic heterocycles. The van der Waals surface area contributed by atoms with Crippen LogP contribution in [0, 0.1) is 24.7 Å². The Morgan fingerprint density at radius 2 is 0.915 bits per heavy atom. The lowest BCUT2D eigenvalue weighted by Gasteiger charge is -2.59. The second kappa shape index (κ2) is 15.8. The Labute approximate surface area is 288 Å². The van der Waals surface area contributed by atoms with E-state index in [0.29, 0.717) is 57.7 Å². The molecule has 0 heterocycles. The lowest BCUT2D eigenvalue weighted by molar-refractivity contribution is -0.00117. The van der Waals surface area contributed by atoms with Gasteiger partial charge in [0.1, 0.15) is 22.4 Å². The maximum atomic E-state index is 13.4. The summed E-state index contributed by atoms with van der Waals surface area (Å²) in [7, 11) is -3.01. The van der Waals surface area contributed by atoms with Gasteiger partial charge >= 0.3 is 0 Å². The molecule has 0 radical (unpaired) electrons. The number of rotatable bonds is 16. The summed E-state index contributed by atoms with van der Waals surface area (Å²) in [5, 5.41) is 72.1. The first-order valence-corrected chi connectivity index (χ1v) is 19.6. The van der Waals surface area contributed by atoms with Gasteiger partial charge in [-0.05, 0) is 95.5 Å². The molecule has 4 atom stereocenters. The Morgan fingerprint density at radius 3 is 1.15 bits per heavy atom. The fourth-order valence-electron chi connectivity index (χ4n) is 7.13. The Morgan fingerprint density at radius 1 is 0.596 bits per heavy atom. The summed E-state index contributed by atoms with van der Waals surface area (Å²) < 4.78 is 0. The van der Waals surface area contributed by atoms with Gasteiger partial charge in [0.25, 0.3) is 0 Å². The third kappa shape index (κ3) is 7.85. The van der Waals surface area contributed by atoms with E-state index in [9.17, 15) is 30.6 Å². The monoisotopic (exact) mass is 676 g/mol. The number of aliphatic hydroxyl groups excluding tert-OH is 4. The third-order valence-corrected chi connectivity index (χ3v) is 15.2. The van der Waals surface area contributed by atoms with Crippen molar-refractivity contribution in [2.45, 2.75) is 166 Å². The highest BCUT2D eigenvalue weighted by Crippen LogP contribution is 2.76. The van der Waals surface area contributed by atoms with Crippen molar-refractivity contribution in [3.05, 3.63) is 46.5 Å². The van der Waals surface area contributed by atoms with Crippen molar-refractivity contribution in [3.8, 4) is 11.5 Å². The highest BCUT2D eigenvalue weighted by molar-refractivity contribution is 8.34. The van der Waals surface area contributed by atoms with E-state index >= 15 is 0 Å². The topological polar surface area (TPSA) is 121 Å². The number of aryl methyl sites for hydroxylation is 2. The molecule has 0 aliphatic rings. The molecule has 7 heteroatoms. The molecule has 2 aromatic carbocycles. The highest BCUT2D eigenvalue weighted by atomic mass is 32.3. The number of unbranched alkanes of at least 4 members (excludes halogenated alkanes) is 2. The summed E-state index contributed by atoms with van der Waals surface area (Å²) in [5.74, 6) is 0.362. The van der Waals surface area contributed by atoms with E-state index in [1.807, 2.05) is 93.5 Å². The van der Waals surface area contributed by atoms with E-state index in [1.54, 1.807) is 0 Å². The van der Waals surface area contributed by atoms with Gasteiger partial charge in [0.2, 0.25) is 0 Å². The molecule has 0 bridgehead atoms. The van der Waals surface area contributed by atoms with Crippen molar-refractivity contribution in [2.24, 2.45) is 10.8 Å². The zero-order chi connectivity index (χ0) is 36.2. The van der Waals surface area contributed by atoms with Gasteiger partial charge in [-0.1, -0.05) is 94.9 Å². The van der Waals surface area contributed by atoms with Crippen molar-refractivity contribution in [3.63, 3.8) is 0 Å². The Kier molecular flexibility index (Phi) is 14.0. The SMILES string of the molecule is CCCCC(CC)(CO)C(O)S(c1cc(C)c(O)c(C(C)(C)C)c1)(c1cc(C)c(O)c(C(C)(C)C)c1)C(O)C(CC)(CO)CCCC. The molecule has 4 unspecified atom stereocenters. The second-order valence-electron chi connectivity index (χ2n) is 16.1. The first-order chi connectivity index (χ1) is 21.7. The van der Waals surface area contributed by atoms with Crippen LogP contribution >= 0.6 is 10.0 Å². The van der Waals surface area contributed by atoms with Gasteiger partial charge in [0, 0.05) is 22.0 Å². The molecule has 0 saturated heterocycles. The van der Waals surface area contributed by atoms with E-state index in [1.165, 1.54) is 0 Å². The van der Waals surface area contributed by atoms with Crippen LogP contribution in [0.3, 0.4) is 0 Å². The van der Waals surface area contributed by atoms with Gasteiger partial charge < -0.3 is 30.6 Å². The molecule has 0 aliphatic carbocycles. The van der Waals surface area contributed by atoms with Crippen molar-refractivity contribution >= 4 is 10.0 Å². The minimum atomic E-state index is -3.01.